The number of aliphatic hydroxyl groups is 1. The summed E-state index contributed by atoms with van der Waals surface area (Å²) in [7, 11) is 0. The van der Waals surface area contributed by atoms with Crippen LogP contribution in [0, 0.1) is 0 Å². The van der Waals surface area contributed by atoms with Crippen molar-refractivity contribution in [1.82, 2.24) is 14.4 Å². The third-order valence-electron chi connectivity index (χ3n) is 5.83. The molecule has 2 fully saturated rings. The Balaban J connectivity index is 1.29. The van der Waals surface area contributed by atoms with Gasteiger partial charge in [-0.15, -0.1) is 0 Å². The standard InChI is InChI=1S/C20H27N3O2/c24-19-7-3-6-18(19)22-12-14-23(15-13-22)20(25)9-11-21-10-8-16-4-1-2-5-17(16)21/h1-2,4-5,8,10,18-19,24H,3,6-7,9,11-15H2/t18-,19+/m1/s1. The fraction of sp³-hybridized carbons (Fsp3) is 0.550. The van der Waals surface area contributed by atoms with Crippen LogP contribution in [0.2, 0.25) is 0 Å². The van der Waals surface area contributed by atoms with Crippen molar-refractivity contribution in [2.24, 2.45) is 0 Å². The molecule has 5 heteroatoms. The van der Waals surface area contributed by atoms with Gasteiger partial charge in [-0.3, -0.25) is 9.69 Å². The van der Waals surface area contributed by atoms with Gasteiger partial charge in [-0.25, -0.2) is 0 Å². The van der Waals surface area contributed by atoms with Crippen LogP contribution in [0.4, 0.5) is 0 Å². The number of hydrogen-bond donors (Lipinski definition) is 1. The Hall–Kier alpha value is -1.85. The molecule has 0 radical (unpaired) electrons. The van der Waals surface area contributed by atoms with Crippen molar-refractivity contribution >= 4 is 16.8 Å². The van der Waals surface area contributed by atoms with Crippen LogP contribution in [0.3, 0.4) is 0 Å². The number of carbonyl (C=O) groups excluding carboxylic acids is 1. The first-order valence-electron chi connectivity index (χ1n) is 9.46. The highest BCUT2D eigenvalue weighted by atomic mass is 16.3. The van der Waals surface area contributed by atoms with E-state index in [1.807, 2.05) is 17.0 Å². The summed E-state index contributed by atoms with van der Waals surface area (Å²) in [5, 5.41) is 11.3. The quantitative estimate of drug-likeness (QED) is 0.926. The predicted octanol–water partition coefficient (Wildman–Crippen LogP) is 2.09. The third kappa shape index (κ3) is 3.44. The van der Waals surface area contributed by atoms with E-state index < -0.39 is 0 Å². The van der Waals surface area contributed by atoms with Crippen LogP contribution in [-0.4, -0.2) is 63.7 Å². The zero-order valence-corrected chi connectivity index (χ0v) is 14.7. The summed E-state index contributed by atoms with van der Waals surface area (Å²) in [4.78, 5) is 16.9. The van der Waals surface area contributed by atoms with Crippen molar-refractivity contribution < 1.29 is 9.90 Å². The van der Waals surface area contributed by atoms with Crippen LogP contribution in [0.5, 0.6) is 0 Å². The number of aryl methyl sites for hydroxylation is 1. The molecule has 1 aliphatic heterocycles. The second kappa shape index (κ2) is 7.18. The second-order valence-corrected chi connectivity index (χ2v) is 7.30. The van der Waals surface area contributed by atoms with Crippen LogP contribution in [-0.2, 0) is 11.3 Å². The molecule has 2 atom stereocenters. The van der Waals surface area contributed by atoms with Crippen molar-refractivity contribution in [3.8, 4) is 0 Å². The summed E-state index contributed by atoms with van der Waals surface area (Å²) >= 11 is 0. The monoisotopic (exact) mass is 341 g/mol. The number of rotatable bonds is 4. The van der Waals surface area contributed by atoms with Gasteiger partial charge in [0.05, 0.1) is 6.10 Å². The number of fused-ring (bicyclic) bond motifs is 1. The lowest BCUT2D eigenvalue weighted by molar-refractivity contribution is -0.133. The third-order valence-corrected chi connectivity index (χ3v) is 5.83. The normalized spacial score (nSPS) is 24.9. The van der Waals surface area contributed by atoms with Crippen molar-refractivity contribution in [3.05, 3.63) is 36.5 Å². The van der Waals surface area contributed by atoms with Crippen molar-refractivity contribution in [1.29, 1.82) is 0 Å². The van der Waals surface area contributed by atoms with Crippen LogP contribution in [0.25, 0.3) is 10.9 Å². The molecule has 1 N–H and O–H groups in total. The fourth-order valence-electron chi connectivity index (χ4n) is 4.36. The smallest absolute Gasteiger partial charge is 0.224 e. The Morgan fingerprint density at radius 1 is 1.08 bits per heavy atom. The number of carbonyl (C=O) groups is 1. The Bertz CT molecular complexity index is 733. The first-order chi connectivity index (χ1) is 12.2. The van der Waals surface area contributed by atoms with Gasteiger partial charge in [0.15, 0.2) is 0 Å². The van der Waals surface area contributed by atoms with Gasteiger partial charge in [0.25, 0.3) is 0 Å². The van der Waals surface area contributed by atoms with E-state index in [-0.39, 0.29) is 12.0 Å². The van der Waals surface area contributed by atoms with Gasteiger partial charge in [-0.05, 0) is 36.8 Å². The van der Waals surface area contributed by atoms with Crippen LogP contribution in [0.15, 0.2) is 36.5 Å². The molecule has 134 valence electrons. The first-order valence-corrected chi connectivity index (χ1v) is 9.46. The number of hydrogen-bond acceptors (Lipinski definition) is 3. The lowest BCUT2D eigenvalue weighted by atomic mass is 10.1. The van der Waals surface area contributed by atoms with Crippen LogP contribution >= 0.6 is 0 Å². The van der Waals surface area contributed by atoms with Gasteiger partial charge in [0.2, 0.25) is 5.91 Å². The highest BCUT2D eigenvalue weighted by Gasteiger charge is 2.33. The number of aliphatic hydroxyl groups excluding tert-OH is 1. The molecule has 5 nitrogen and oxygen atoms in total. The van der Waals surface area contributed by atoms with Crippen LogP contribution < -0.4 is 0 Å². The van der Waals surface area contributed by atoms with Crippen molar-refractivity contribution in [2.75, 3.05) is 26.2 Å². The molecule has 1 aromatic carbocycles. The molecule has 4 rings (SSSR count). The van der Waals surface area contributed by atoms with E-state index in [0.717, 1.165) is 52.0 Å². The minimum atomic E-state index is -0.177. The van der Waals surface area contributed by atoms with Crippen molar-refractivity contribution in [2.45, 2.75) is 44.4 Å². The Morgan fingerprint density at radius 3 is 2.64 bits per heavy atom. The first kappa shape index (κ1) is 16.6. The molecule has 1 amide bonds. The molecule has 2 aliphatic rings. The Labute approximate surface area is 148 Å². The molecule has 1 saturated heterocycles. The van der Waals surface area contributed by atoms with E-state index in [0.29, 0.717) is 12.5 Å². The molecule has 1 aliphatic carbocycles. The summed E-state index contributed by atoms with van der Waals surface area (Å²) < 4.78 is 2.17. The highest BCUT2D eigenvalue weighted by molar-refractivity contribution is 5.80. The summed E-state index contributed by atoms with van der Waals surface area (Å²) in [6, 6.07) is 10.7. The number of amides is 1. The van der Waals surface area contributed by atoms with Gasteiger partial charge >= 0.3 is 0 Å². The Morgan fingerprint density at radius 2 is 1.88 bits per heavy atom. The zero-order valence-electron chi connectivity index (χ0n) is 14.7. The highest BCUT2D eigenvalue weighted by Crippen LogP contribution is 2.25. The lowest BCUT2D eigenvalue weighted by Gasteiger charge is -2.39. The second-order valence-electron chi connectivity index (χ2n) is 7.30. The van der Waals surface area contributed by atoms with Gasteiger partial charge in [-0.1, -0.05) is 18.2 Å². The number of piperazine rings is 1. The SMILES string of the molecule is O=C(CCn1ccc2ccccc21)N1CCN([C@@H]2CCC[C@@H]2O)CC1. The molecular weight excluding hydrogens is 314 g/mol. The number of para-hydroxylation sites is 1. The molecular formula is C20H27N3O2. The molecule has 25 heavy (non-hydrogen) atoms. The van der Waals surface area contributed by atoms with E-state index in [2.05, 4.69) is 33.9 Å². The molecule has 0 unspecified atom stereocenters. The molecule has 1 aromatic heterocycles. The molecule has 2 heterocycles. The summed E-state index contributed by atoms with van der Waals surface area (Å²) in [5.41, 5.74) is 1.19. The summed E-state index contributed by atoms with van der Waals surface area (Å²) in [6.07, 6.45) is 5.58. The minimum Gasteiger partial charge on any atom is -0.391 e. The number of benzene rings is 1. The van der Waals surface area contributed by atoms with E-state index >= 15 is 0 Å². The molecule has 0 spiro atoms. The van der Waals surface area contributed by atoms with Crippen molar-refractivity contribution in [3.63, 3.8) is 0 Å². The lowest BCUT2D eigenvalue weighted by Crippen LogP contribution is -2.53. The molecule has 2 aromatic rings. The predicted molar refractivity (Wildman–Crippen MR) is 98.4 cm³/mol. The molecule has 0 bridgehead atoms. The van der Waals surface area contributed by atoms with Gasteiger partial charge in [0, 0.05) is 56.9 Å². The Kier molecular flexibility index (Phi) is 4.77. The maximum atomic E-state index is 12.6. The van der Waals surface area contributed by atoms with E-state index in [9.17, 15) is 9.90 Å². The van der Waals surface area contributed by atoms with Gasteiger partial charge in [0.1, 0.15) is 0 Å². The number of nitrogens with zero attached hydrogens (tertiary/aromatic N) is 3. The summed E-state index contributed by atoms with van der Waals surface area (Å²) in [5.74, 6) is 0.240. The topological polar surface area (TPSA) is 48.7 Å². The van der Waals surface area contributed by atoms with Crippen LogP contribution in [0.1, 0.15) is 25.7 Å². The maximum Gasteiger partial charge on any atom is 0.224 e. The van der Waals surface area contributed by atoms with E-state index in [1.54, 1.807) is 0 Å². The minimum absolute atomic E-state index is 0.177. The van der Waals surface area contributed by atoms with Gasteiger partial charge in [-0.2, -0.15) is 0 Å². The van der Waals surface area contributed by atoms with E-state index in [4.69, 9.17) is 0 Å². The average Bonchev–Trinajstić information content (AvgIpc) is 3.26. The largest absolute Gasteiger partial charge is 0.391 e. The number of aromatic nitrogens is 1. The van der Waals surface area contributed by atoms with Gasteiger partial charge < -0.3 is 14.6 Å². The fourth-order valence-corrected chi connectivity index (χ4v) is 4.36. The summed E-state index contributed by atoms with van der Waals surface area (Å²) in [6.45, 7) is 4.08. The average molecular weight is 341 g/mol. The van der Waals surface area contributed by atoms with E-state index in [1.165, 1.54) is 10.9 Å². The molecule has 1 saturated carbocycles. The maximum absolute atomic E-state index is 12.6. The zero-order chi connectivity index (χ0) is 17.2.